The summed E-state index contributed by atoms with van der Waals surface area (Å²) in [5, 5.41) is 9.12. The lowest BCUT2D eigenvalue weighted by Crippen LogP contribution is -2.10. The molecule has 0 aliphatic carbocycles. The number of hydrogen-bond acceptors (Lipinski definition) is 5. The molecule has 0 aliphatic rings. The highest BCUT2D eigenvalue weighted by molar-refractivity contribution is 7.26. The van der Waals surface area contributed by atoms with Crippen molar-refractivity contribution in [3.05, 3.63) is 164 Å². The molecule has 0 unspecified atom stereocenters. The van der Waals surface area contributed by atoms with Gasteiger partial charge in [0.1, 0.15) is 27.9 Å². The van der Waals surface area contributed by atoms with Gasteiger partial charge in [0.2, 0.25) is 0 Å². The van der Waals surface area contributed by atoms with Crippen molar-refractivity contribution in [2.75, 3.05) is 4.90 Å². The zero-order valence-corrected chi connectivity index (χ0v) is 29.0. The molecule has 53 heavy (non-hydrogen) atoms. The Labute approximate surface area is 306 Å². The van der Waals surface area contributed by atoms with Gasteiger partial charge < -0.3 is 18.2 Å². The smallest absolute Gasteiger partial charge is 0.159 e. The molecule has 0 aliphatic heterocycles. The van der Waals surface area contributed by atoms with Crippen LogP contribution in [0.15, 0.2) is 177 Å². The molecular formula is C48H27NO3S. The summed E-state index contributed by atoms with van der Waals surface area (Å²) >= 11 is 1.82. The van der Waals surface area contributed by atoms with Crippen molar-refractivity contribution in [1.29, 1.82) is 0 Å². The Balaban J connectivity index is 1.13. The highest BCUT2D eigenvalue weighted by atomic mass is 32.1. The van der Waals surface area contributed by atoms with Gasteiger partial charge in [-0.25, -0.2) is 0 Å². The van der Waals surface area contributed by atoms with E-state index in [0.29, 0.717) is 0 Å². The van der Waals surface area contributed by atoms with E-state index >= 15 is 0 Å². The summed E-state index contributed by atoms with van der Waals surface area (Å²) in [7, 11) is 0. The van der Waals surface area contributed by atoms with Crippen LogP contribution in [-0.4, -0.2) is 0 Å². The molecule has 0 fully saturated rings. The predicted molar refractivity (Wildman–Crippen MR) is 221 cm³/mol. The van der Waals surface area contributed by atoms with Crippen LogP contribution in [0.4, 0.5) is 17.1 Å². The minimum atomic E-state index is 0.835. The second-order valence-corrected chi connectivity index (χ2v) is 14.6. The van der Waals surface area contributed by atoms with Crippen LogP contribution in [0, 0.1) is 0 Å². The molecule has 0 saturated carbocycles. The molecule has 0 bridgehead atoms. The highest BCUT2D eigenvalue weighted by Crippen LogP contribution is 2.49. The van der Waals surface area contributed by atoms with Gasteiger partial charge in [0.05, 0.1) is 16.8 Å². The number of hydrogen-bond donors (Lipinski definition) is 0. The van der Waals surface area contributed by atoms with Gasteiger partial charge in [-0.15, -0.1) is 11.3 Å². The summed E-state index contributed by atoms with van der Waals surface area (Å²) in [4.78, 5) is 2.33. The third kappa shape index (κ3) is 4.11. The fraction of sp³-hybridized carbons (Fsp3) is 0. The zero-order chi connectivity index (χ0) is 34.6. The molecule has 5 heteroatoms. The molecule has 12 aromatic rings. The van der Waals surface area contributed by atoms with Gasteiger partial charge >= 0.3 is 0 Å². The van der Waals surface area contributed by atoms with Crippen molar-refractivity contribution in [3.8, 4) is 11.1 Å². The fourth-order valence-corrected chi connectivity index (χ4v) is 9.58. The second-order valence-electron chi connectivity index (χ2n) is 13.6. The summed E-state index contributed by atoms with van der Waals surface area (Å²) < 4.78 is 22.3. The van der Waals surface area contributed by atoms with E-state index in [1.165, 1.54) is 20.2 Å². The summed E-state index contributed by atoms with van der Waals surface area (Å²) in [6, 6.07) is 57.5. The van der Waals surface area contributed by atoms with E-state index in [9.17, 15) is 0 Å². The van der Waals surface area contributed by atoms with E-state index in [1.54, 1.807) is 0 Å². The molecule has 0 N–H and O–H groups in total. The van der Waals surface area contributed by atoms with Crippen LogP contribution in [0.3, 0.4) is 0 Å². The average Bonchev–Trinajstić information content (AvgIpc) is 3.98. The maximum Gasteiger partial charge on any atom is 0.159 e. The molecule has 0 spiro atoms. The maximum absolute atomic E-state index is 6.69. The SMILES string of the molecule is c1ccc2c(c1)oc1c(-c3ccc(N(c4cccc5c4oc4ccccc45)c4cccc5oc6ccc7c8ccccc8sc7c6c45)cc3)cccc12. The Morgan fingerprint density at radius 3 is 1.79 bits per heavy atom. The monoisotopic (exact) mass is 697 g/mol. The lowest BCUT2D eigenvalue weighted by molar-refractivity contribution is 0.668. The Hall–Kier alpha value is -6.82. The standard InChI is InChI=1S/C48H27NO3S/c1-4-18-39-31(10-1)34-14-7-13-30(46(34)51-39)28-22-24-29(25-23-28)49(38-17-8-15-35-32-11-2-5-19-40(32)52-47(35)38)37-16-9-20-41-44(37)45-42(50-41)27-26-36-33-12-3-6-21-43(33)53-48(36)45/h1-27H. The number of furan rings is 3. The first-order valence-corrected chi connectivity index (χ1v) is 18.6. The lowest BCUT2D eigenvalue weighted by Gasteiger charge is -2.26. The molecule has 8 aromatic carbocycles. The van der Waals surface area contributed by atoms with Gasteiger partial charge in [0.25, 0.3) is 0 Å². The molecule has 4 heterocycles. The second kappa shape index (κ2) is 10.8. The van der Waals surface area contributed by atoms with Gasteiger partial charge in [-0.05, 0) is 66.2 Å². The Kier molecular flexibility index (Phi) is 5.90. The van der Waals surface area contributed by atoms with E-state index in [2.05, 4.69) is 144 Å². The zero-order valence-electron chi connectivity index (χ0n) is 28.2. The van der Waals surface area contributed by atoms with Gasteiger partial charge in [-0.1, -0.05) is 103 Å². The minimum Gasteiger partial charge on any atom is -0.456 e. The van der Waals surface area contributed by atoms with Crippen molar-refractivity contribution < 1.29 is 13.3 Å². The van der Waals surface area contributed by atoms with Gasteiger partial charge in [0, 0.05) is 58.4 Å². The largest absolute Gasteiger partial charge is 0.456 e. The lowest BCUT2D eigenvalue weighted by atomic mass is 10.0. The first kappa shape index (κ1) is 28.8. The highest BCUT2D eigenvalue weighted by Gasteiger charge is 2.25. The normalized spacial score (nSPS) is 12.2. The quantitative estimate of drug-likeness (QED) is 0.184. The molecule has 4 nitrogen and oxygen atoms in total. The van der Waals surface area contributed by atoms with Crippen LogP contribution in [-0.2, 0) is 0 Å². The molecule has 248 valence electrons. The van der Waals surface area contributed by atoms with Gasteiger partial charge in [0.15, 0.2) is 5.58 Å². The number of para-hydroxylation sites is 4. The molecular weight excluding hydrogens is 671 g/mol. The van der Waals surface area contributed by atoms with Crippen molar-refractivity contribution in [3.63, 3.8) is 0 Å². The Morgan fingerprint density at radius 2 is 0.981 bits per heavy atom. The number of thiophene rings is 1. The Morgan fingerprint density at radius 1 is 0.377 bits per heavy atom. The van der Waals surface area contributed by atoms with Crippen LogP contribution in [0.2, 0.25) is 0 Å². The molecule has 4 aromatic heterocycles. The summed E-state index contributed by atoms with van der Waals surface area (Å²) in [5.41, 5.74) is 10.3. The van der Waals surface area contributed by atoms with E-state index in [-0.39, 0.29) is 0 Å². The predicted octanol–water partition coefficient (Wildman–Crippen LogP) is 14.9. The maximum atomic E-state index is 6.69. The van der Waals surface area contributed by atoms with Crippen LogP contribution in [0.5, 0.6) is 0 Å². The van der Waals surface area contributed by atoms with Crippen molar-refractivity contribution in [2.45, 2.75) is 0 Å². The first-order chi connectivity index (χ1) is 26.3. The third-order valence-electron chi connectivity index (χ3n) is 10.7. The number of benzene rings is 8. The van der Waals surface area contributed by atoms with E-state index in [4.69, 9.17) is 13.3 Å². The van der Waals surface area contributed by atoms with Crippen LogP contribution >= 0.6 is 11.3 Å². The number of anilines is 3. The third-order valence-corrected chi connectivity index (χ3v) is 11.9. The van der Waals surface area contributed by atoms with E-state index < -0.39 is 0 Å². The Bertz CT molecular complexity index is 3420. The summed E-state index contributed by atoms with van der Waals surface area (Å²) in [6.07, 6.45) is 0. The molecule has 0 saturated heterocycles. The number of nitrogens with zero attached hydrogens (tertiary/aromatic N) is 1. The molecule has 0 amide bonds. The summed E-state index contributed by atoms with van der Waals surface area (Å²) in [5.74, 6) is 0. The molecule has 0 radical (unpaired) electrons. The topological polar surface area (TPSA) is 42.7 Å². The van der Waals surface area contributed by atoms with Crippen molar-refractivity contribution in [1.82, 2.24) is 0 Å². The van der Waals surface area contributed by atoms with Crippen molar-refractivity contribution in [2.24, 2.45) is 0 Å². The van der Waals surface area contributed by atoms with E-state index in [0.717, 1.165) is 94.0 Å². The van der Waals surface area contributed by atoms with E-state index in [1.807, 2.05) is 35.6 Å². The summed E-state index contributed by atoms with van der Waals surface area (Å²) in [6.45, 7) is 0. The fourth-order valence-electron chi connectivity index (χ4n) is 8.33. The van der Waals surface area contributed by atoms with Crippen LogP contribution in [0.25, 0.3) is 97.1 Å². The average molecular weight is 698 g/mol. The van der Waals surface area contributed by atoms with Gasteiger partial charge in [-0.3, -0.25) is 0 Å². The number of rotatable bonds is 4. The molecule has 12 rings (SSSR count). The molecule has 0 atom stereocenters. The first-order valence-electron chi connectivity index (χ1n) is 17.7. The minimum absolute atomic E-state index is 0.835. The van der Waals surface area contributed by atoms with Crippen LogP contribution in [0.1, 0.15) is 0 Å². The van der Waals surface area contributed by atoms with Crippen LogP contribution < -0.4 is 4.90 Å². The van der Waals surface area contributed by atoms with Crippen molar-refractivity contribution >= 4 is 114 Å². The number of fused-ring (bicyclic) bond motifs is 13. The van der Waals surface area contributed by atoms with Gasteiger partial charge in [-0.2, -0.15) is 0 Å².